The molecular formula is C13H22N2O4. The highest BCUT2D eigenvalue weighted by atomic mass is 16.6. The number of nitrogens with one attached hydrogen (secondary N) is 1. The van der Waals surface area contributed by atoms with Crippen molar-refractivity contribution in [2.24, 2.45) is 5.92 Å². The average molecular weight is 270 g/mol. The lowest BCUT2D eigenvalue weighted by Gasteiger charge is -2.25. The number of fused-ring (bicyclic) bond motifs is 1. The van der Waals surface area contributed by atoms with Gasteiger partial charge < -0.3 is 14.4 Å². The molecule has 0 spiro atoms. The minimum Gasteiger partial charge on any atom is -0.468 e. The van der Waals surface area contributed by atoms with Gasteiger partial charge in [0, 0.05) is 19.1 Å². The lowest BCUT2D eigenvalue weighted by Crippen LogP contribution is -2.42. The molecule has 2 saturated heterocycles. The molecule has 0 saturated carbocycles. The fraction of sp³-hybridized carbons (Fsp3) is 0.846. The molecule has 0 bridgehead atoms. The predicted molar refractivity (Wildman–Crippen MR) is 68.6 cm³/mol. The van der Waals surface area contributed by atoms with Crippen LogP contribution in [-0.4, -0.2) is 54.8 Å². The van der Waals surface area contributed by atoms with Crippen LogP contribution in [-0.2, 0) is 14.3 Å². The minimum atomic E-state index is -0.475. The van der Waals surface area contributed by atoms with Crippen LogP contribution in [0.1, 0.15) is 27.2 Å². The Balaban J connectivity index is 1.87. The minimum absolute atomic E-state index is 0.164. The van der Waals surface area contributed by atoms with E-state index in [0.29, 0.717) is 19.0 Å². The van der Waals surface area contributed by atoms with Gasteiger partial charge in [0.1, 0.15) is 11.6 Å². The van der Waals surface area contributed by atoms with Crippen molar-refractivity contribution in [3.8, 4) is 0 Å². The molecule has 6 nitrogen and oxygen atoms in total. The lowest BCUT2D eigenvalue weighted by molar-refractivity contribution is -0.142. The molecule has 1 N–H and O–H groups in total. The van der Waals surface area contributed by atoms with E-state index in [2.05, 4.69) is 5.32 Å². The molecule has 2 aliphatic rings. The Morgan fingerprint density at radius 3 is 2.47 bits per heavy atom. The van der Waals surface area contributed by atoms with E-state index in [0.717, 1.165) is 6.42 Å². The smallest absolute Gasteiger partial charge is 0.410 e. The molecule has 0 aromatic carbocycles. The average Bonchev–Trinajstić information content (AvgIpc) is 2.82. The number of methoxy groups -OCH3 is 1. The molecule has 1 amide bonds. The maximum atomic E-state index is 11.9. The normalized spacial score (nSPS) is 30.1. The van der Waals surface area contributed by atoms with Gasteiger partial charge in [-0.1, -0.05) is 0 Å². The Bertz CT molecular complexity index is 363. The summed E-state index contributed by atoms with van der Waals surface area (Å²) >= 11 is 0. The highest BCUT2D eigenvalue weighted by Gasteiger charge is 2.45. The van der Waals surface area contributed by atoms with E-state index in [1.54, 1.807) is 4.90 Å². The largest absolute Gasteiger partial charge is 0.468 e. The third kappa shape index (κ3) is 3.18. The predicted octanol–water partition coefficient (Wildman–Crippen LogP) is 0.757. The summed E-state index contributed by atoms with van der Waals surface area (Å²) in [6, 6.07) is -0.0718. The number of nitrogens with zero attached hydrogens (tertiary/aromatic N) is 1. The molecule has 3 unspecified atom stereocenters. The van der Waals surface area contributed by atoms with E-state index in [1.165, 1.54) is 7.11 Å². The van der Waals surface area contributed by atoms with Crippen LogP contribution in [0, 0.1) is 5.92 Å². The Kier molecular flexibility index (Phi) is 3.71. The van der Waals surface area contributed by atoms with Gasteiger partial charge in [-0.2, -0.15) is 0 Å². The monoisotopic (exact) mass is 270 g/mol. The number of rotatable bonds is 1. The topological polar surface area (TPSA) is 67.9 Å². The van der Waals surface area contributed by atoms with Crippen molar-refractivity contribution < 1.29 is 19.1 Å². The van der Waals surface area contributed by atoms with Gasteiger partial charge in [-0.3, -0.25) is 10.1 Å². The van der Waals surface area contributed by atoms with Crippen molar-refractivity contribution in [3.05, 3.63) is 0 Å². The summed E-state index contributed by atoms with van der Waals surface area (Å²) in [5, 5.41) is 3.23. The summed E-state index contributed by atoms with van der Waals surface area (Å²) in [7, 11) is 1.39. The summed E-state index contributed by atoms with van der Waals surface area (Å²) in [5.74, 6) is 0.0786. The second kappa shape index (κ2) is 5.00. The van der Waals surface area contributed by atoms with Crippen molar-refractivity contribution in [1.82, 2.24) is 10.2 Å². The second-order valence-electron chi connectivity index (χ2n) is 6.23. The number of amides is 1. The second-order valence-corrected chi connectivity index (χ2v) is 6.23. The van der Waals surface area contributed by atoms with Gasteiger partial charge in [-0.05, 0) is 33.1 Å². The maximum Gasteiger partial charge on any atom is 0.410 e. The molecule has 0 radical (unpaired) electrons. The van der Waals surface area contributed by atoms with Crippen molar-refractivity contribution in [2.75, 3.05) is 20.2 Å². The van der Waals surface area contributed by atoms with Crippen LogP contribution in [0.4, 0.5) is 4.79 Å². The van der Waals surface area contributed by atoms with Crippen LogP contribution >= 0.6 is 0 Å². The first-order chi connectivity index (χ1) is 8.80. The molecular weight excluding hydrogens is 248 g/mol. The molecule has 0 aromatic rings. The van der Waals surface area contributed by atoms with Crippen molar-refractivity contribution in [3.63, 3.8) is 0 Å². The Morgan fingerprint density at radius 2 is 1.95 bits per heavy atom. The number of carbonyl (C=O) groups excluding carboxylic acids is 2. The van der Waals surface area contributed by atoms with Crippen LogP contribution in [0.5, 0.6) is 0 Å². The summed E-state index contributed by atoms with van der Waals surface area (Å²) in [4.78, 5) is 25.1. The van der Waals surface area contributed by atoms with Gasteiger partial charge in [0.25, 0.3) is 0 Å². The third-order valence-corrected chi connectivity index (χ3v) is 3.53. The van der Waals surface area contributed by atoms with Crippen molar-refractivity contribution in [2.45, 2.75) is 44.9 Å². The highest BCUT2D eigenvalue weighted by molar-refractivity contribution is 5.76. The molecule has 0 aliphatic carbocycles. The summed E-state index contributed by atoms with van der Waals surface area (Å²) in [6.45, 7) is 6.79. The number of hydrogen-bond acceptors (Lipinski definition) is 5. The third-order valence-electron chi connectivity index (χ3n) is 3.53. The van der Waals surface area contributed by atoms with Crippen LogP contribution < -0.4 is 5.32 Å². The SMILES string of the molecule is COC(=O)C1CC2CN(C(=O)OC(C)(C)C)CC2N1. The fourth-order valence-corrected chi connectivity index (χ4v) is 2.71. The van der Waals surface area contributed by atoms with Gasteiger partial charge in [-0.15, -0.1) is 0 Å². The molecule has 2 aliphatic heterocycles. The zero-order valence-electron chi connectivity index (χ0n) is 11.9. The van der Waals surface area contributed by atoms with Crippen LogP contribution in [0.3, 0.4) is 0 Å². The first-order valence-electron chi connectivity index (χ1n) is 6.62. The van der Waals surface area contributed by atoms with E-state index in [-0.39, 0.29) is 24.1 Å². The number of hydrogen-bond donors (Lipinski definition) is 1. The summed E-state index contributed by atoms with van der Waals surface area (Å²) in [6.07, 6.45) is 0.440. The Morgan fingerprint density at radius 1 is 1.26 bits per heavy atom. The Labute approximate surface area is 113 Å². The zero-order valence-corrected chi connectivity index (χ0v) is 11.9. The summed E-state index contributed by atoms with van der Waals surface area (Å²) in [5.41, 5.74) is -0.475. The van der Waals surface area contributed by atoms with Crippen LogP contribution in [0.2, 0.25) is 0 Å². The number of ether oxygens (including phenoxy) is 2. The quantitative estimate of drug-likeness (QED) is 0.712. The van der Waals surface area contributed by atoms with Gasteiger partial charge >= 0.3 is 12.1 Å². The van der Waals surface area contributed by atoms with Crippen molar-refractivity contribution >= 4 is 12.1 Å². The molecule has 2 rings (SSSR count). The zero-order chi connectivity index (χ0) is 14.2. The van der Waals surface area contributed by atoms with Gasteiger partial charge in [0.2, 0.25) is 0 Å². The molecule has 2 heterocycles. The molecule has 108 valence electrons. The number of likely N-dealkylation sites (tertiary alicyclic amines) is 1. The molecule has 0 aromatic heterocycles. The highest BCUT2D eigenvalue weighted by Crippen LogP contribution is 2.29. The van der Waals surface area contributed by atoms with Gasteiger partial charge in [0.05, 0.1) is 7.11 Å². The van der Waals surface area contributed by atoms with Gasteiger partial charge in [0.15, 0.2) is 0 Å². The molecule has 3 atom stereocenters. The first kappa shape index (κ1) is 14.1. The maximum absolute atomic E-state index is 11.9. The van der Waals surface area contributed by atoms with E-state index in [1.807, 2.05) is 20.8 Å². The first-order valence-corrected chi connectivity index (χ1v) is 6.62. The van der Waals surface area contributed by atoms with E-state index >= 15 is 0 Å². The number of esters is 1. The lowest BCUT2D eigenvalue weighted by atomic mass is 10.0. The van der Waals surface area contributed by atoms with Crippen LogP contribution in [0.25, 0.3) is 0 Å². The standard InChI is InChI=1S/C13H22N2O4/c1-13(2,3)19-12(17)15-6-8-5-9(11(16)18-4)14-10(8)7-15/h8-10,14H,5-7H2,1-4H3. The van der Waals surface area contributed by atoms with E-state index < -0.39 is 5.60 Å². The van der Waals surface area contributed by atoms with Crippen LogP contribution in [0.15, 0.2) is 0 Å². The van der Waals surface area contributed by atoms with E-state index in [4.69, 9.17) is 9.47 Å². The fourth-order valence-electron chi connectivity index (χ4n) is 2.71. The molecule has 6 heteroatoms. The molecule has 19 heavy (non-hydrogen) atoms. The molecule has 2 fully saturated rings. The number of carbonyl (C=O) groups is 2. The van der Waals surface area contributed by atoms with Gasteiger partial charge in [-0.25, -0.2) is 4.79 Å². The Hall–Kier alpha value is -1.30. The van der Waals surface area contributed by atoms with Crippen molar-refractivity contribution in [1.29, 1.82) is 0 Å². The summed E-state index contributed by atoms with van der Waals surface area (Å²) < 4.78 is 10.1. The van der Waals surface area contributed by atoms with E-state index in [9.17, 15) is 9.59 Å².